The molecule has 0 amide bonds. The van der Waals surface area contributed by atoms with Crippen molar-refractivity contribution in [3.8, 4) is 0 Å². The first-order chi connectivity index (χ1) is 9.70. The van der Waals surface area contributed by atoms with Gasteiger partial charge in [-0.2, -0.15) is 0 Å². The van der Waals surface area contributed by atoms with Crippen molar-refractivity contribution in [1.29, 1.82) is 0 Å². The molecule has 0 N–H and O–H groups in total. The van der Waals surface area contributed by atoms with E-state index in [1.807, 2.05) is 31.2 Å². The van der Waals surface area contributed by atoms with Gasteiger partial charge < -0.3 is 9.64 Å². The molecule has 4 nitrogen and oxygen atoms in total. The van der Waals surface area contributed by atoms with Crippen LogP contribution in [0.25, 0.3) is 0 Å². The van der Waals surface area contributed by atoms with Crippen LogP contribution in [0.1, 0.15) is 19.8 Å². The van der Waals surface area contributed by atoms with Crippen LogP contribution in [-0.4, -0.2) is 30.6 Å². The van der Waals surface area contributed by atoms with Crippen LogP contribution in [0.4, 0.5) is 5.82 Å². The largest absolute Gasteiger partial charge is 0.461 e. The molecular formula is C15H19ClN2O2. The van der Waals surface area contributed by atoms with Crippen molar-refractivity contribution in [2.24, 2.45) is 5.92 Å². The third-order valence-corrected chi connectivity index (χ3v) is 3.65. The first-order valence-corrected chi connectivity index (χ1v) is 7.23. The van der Waals surface area contributed by atoms with E-state index in [-0.39, 0.29) is 11.9 Å². The first-order valence-electron chi connectivity index (χ1n) is 6.85. The Morgan fingerprint density at radius 1 is 1.50 bits per heavy atom. The number of carbonyl (C=O) groups excluding carboxylic acids is 1. The average Bonchev–Trinajstić information content (AvgIpc) is 2.48. The zero-order valence-corrected chi connectivity index (χ0v) is 12.3. The Balaban J connectivity index is 1.82. The molecule has 1 aromatic rings. The van der Waals surface area contributed by atoms with Gasteiger partial charge in [-0.1, -0.05) is 23.8 Å². The highest BCUT2D eigenvalue weighted by molar-refractivity contribution is 6.30. The van der Waals surface area contributed by atoms with E-state index in [9.17, 15) is 4.79 Å². The molecule has 1 aromatic heterocycles. The van der Waals surface area contributed by atoms with Gasteiger partial charge in [0.05, 0.1) is 10.9 Å². The van der Waals surface area contributed by atoms with Crippen molar-refractivity contribution in [3.05, 3.63) is 35.5 Å². The monoisotopic (exact) mass is 294 g/mol. The van der Waals surface area contributed by atoms with Crippen molar-refractivity contribution < 1.29 is 9.53 Å². The van der Waals surface area contributed by atoms with E-state index in [0.29, 0.717) is 11.6 Å². The predicted molar refractivity (Wildman–Crippen MR) is 80.0 cm³/mol. The highest BCUT2D eigenvalue weighted by Crippen LogP contribution is 2.23. The maximum Gasteiger partial charge on any atom is 0.309 e. The fourth-order valence-electron chi connectivity index (χ4n) is 2.24. The molecule has 0 atom stereocenters. The van der Waals surface area contributed by atoms with Gasteiger partial charge in [0.25, 0.3) is 0 Å². The molecule has 0 spiro atoms. The molecule has 2 heterocycles. The number of nitrogens with zero attached hydrogens (tertiary/aromatic N) is 2. The van der Waals surface area contributed by atoms with Crippen molar-refractivity contribution in [1.82, 2.24) is 4.98 Å². The van der Waals surface area contributed by atoms with E-state index < -0.39 is 0 Å². The summed E-state index contributed by atoms with van der Waals surface area (Å²) in [5.41, 5.74) is 0. The highest BCUT2D eigenvalue weighted by atomic mass is 35.5. The molecular weight excluding hydrogens is 276 g/mol. The maximum atomic E-state index is 11.9. The normalized spacial score (nSPS) is 16.6. The molecule has 0 saturated carbocycles. The zero-order chi connectivity index (χ0) is 14.4. The number of esters is 1. The number of halogens is 1. The van der Waals surface area contributed by atoms with Gasteiger partial charge in [0.15, 0.2) is 0 Å². The Labute approximate surface area is 124 Å². The number of hydrogen-bond donors (Lipinski definition) is 0. The summed E-state index contributed by atoms with van der Waals surface area (Å²) < 4.78 is 5.20. The lowest BCUT2D eigenvalue weighted by Crippen LogP contribution is -2.37. The van der Waals surface area contributed by atoms with Crippen molar-refractivity contribution >= 4 is 23.4 Å². The second-order valence-electron chi connectivity index (χ2n) is 4.80. The summed E-state index contributed by atoms with van der Waals surface area (Å²) in [7, 11) is 0. The van der Waals surface area contributed by atoms with Gasteiger partial charge in [-0.15, -0.1) is 0 Å². The molecule has 0 unspecified atom stereocenters. The van der Waals surface area contributed by atoms with E-state index in [4.69, 9.17) is 16.3 Å². The number of ether oxygens (including phenoxy) is 1. The summed E-state index contributed by atoms with van der Waals surface area (Å²) >= 11 is 5.83. The zero-order valence-electron chi connectivity index (χ0n) is 11.6. The SMILES string of the molecule is CC=CCOC(=O)C1CCN(c2ccc(Cl)cn2)CC1. The lowest BCUT2D eigenvalue weighted by atomic mass is 9.97. The van der Waals surface area contributed by atoms with Crippen molar-refractivity contribution in [2.75, 3.05) is 24.6 Å². The quantitative estimate of drug-likeness (QED) is 0.632. The molecule has 108 valence electrons. The van der Waals surface area contributed by atoms with E-state index in [0.717, 1.165) is 31.7 Å². The Morgan fingerprint density at radius 2 is 2.25 bits per heavy atom. The predicted octanol–water partition coefficient (Wildman–Crippen LogP) is 3.07. The number of anilines is 1. The molecule has 0 aliphatic carbocycles. The van der Waals surface area contributed by atoms with Gasteiger partial charge in [-0.3, -0.25) is 4.79 Å². The van der Waals surface area contributed by atoms with Crippen LogP contribution in [0, 0.1) is 5.92 Å². The van der Waals surface area contributed by atoms with Crippen LogP contribution in [-0.2, 0) is 9.53 Å². The van der Waals surface area contributed by atoms with Crippen LogP contribution < -0.4 is 4.90 Å². The Hall–Kier alpha value is -1.55. The van der Waals surface area contributed by atoms with Gasteiger partial charge in [0.2, 0.25) is 0 Å². The molecule has 1 aliphatic rings. The van der Waals surface area contributed by atoms with Crippen LogP contribution in [0.5, 0.6) is 0 Å². The maximum absolute atomic E-state index is 11.9. The van der Waals surface area contributed by atoms with Crippen LogP contribution in [0.15, 0.2) is 30.5 Å². The van der Waals surface area contributed by atoms with Gasteiger partial charge in [-0.25, -0.2) is 4.98 Å². The molecule has 5 heteroatoms. The van der Waals surface area contributed by atoms with Gasteiger partial charge in [0, 0.05) is 19.3 Å². The molecule has 0 aromatic carbocycles. The summed E-state index contributed by atoms with van der Waals surface area (Å²) in [6.45, 7) is 3.91. The van der Waals surface area contributed by atoms with Crippen molar-refractivity contribution in [2.45, 2.75) is 19.8 Å². The minimum Gasteiger partial charge on any atom is -0.461 e. The second kappa shape index (κ2) is 7.29. The standard InChI is InChI=1S/C15H19ClN2O2/c1-2-3-10-20-15(19)12-6-8-18(9-7-12)14-5-4-13(16)11-17-14/h2-5,11-12H,6-10H2,1H3. The third-order valence-electron chi connectivity index (χ3n) is 3.42. The third kappa shape index (κ3) is 3.97. The lowest BCUT2D eigenvalue weighted by Gasteiger charge is -2.31. The molecule has 1 saturated heterocycles. The summed E-state index contributed by atoms with van der Waals surface area (Å²) in [5.74, 6) is 0.825. The van der Waals surface area contributed by atoms with E-state index in [2.05, 4.69) is 9.88 Å². The Kier molecular flexibility index (Phi) is 5.41. The van der Waals surface area contributed by atoms with Gasteiger partial charge >= 0.3 is 5.97 Å². The van der Waals surface area contributed by atoms with Crippen molar-refractivity contribution in [3.63, 3.8) is 0 Å². The topological polar surface area (TPSA) is 42.4 Å². The number of aromatic nitrogens is 1. The number of rotatable bonds is 4. The summed E-state index contributed by atoms with van der Waals surface area (Å²) in [5, 5.41) is 0.635. The first kappa shape index (κ1) is 14.9. The highest BCUT2D eigenvalue weighted by Gasteiger charge is 2.26. The van der Waals surface area contributed by atoms with Crippen LogP contribution in [0.3, 0.4) is 0 Å². The molecule has 1 aliphatic heterocycles. The molecule has 20 heavy (non-hydrogen) atoms. The number of piperidine rings is 1. The summed E-state index contributed by atoms with van der Waals surface area (Å²) in [6.07, 6.45) is 6.97. The molecule has 0 bridgehead atoms. The van der Waals surface area contributed by atoms with Gasteiger partial charge in [-0.05, 0) is 31.9 Å². The van der Waals surface area contributed by atoms with E-state index in [1.165, 1.54) is 0 Å². The molecule has 2 rings (SSSR count). The number of carbonyl (C=O) groups is 1. The summed E-state index contributed by atoms with van der Waals surface area (Å²) in [6, 6.07) is 3.74. The number of pyridine rings is 1. The Bertz CT molecular complexity index is 465. The lowest BCUT2D eigenvalue weighted by molar-refractivity contribution is -0.147. The smallest absolute Gasteiger partial charge is 0.309 e. The second-order valence-corrected chi connectivity index (χ2v) is 5.23. The number of hydrogen-bond acceptors (Lipinski definition) is 4. The fourth-order valence-corrected chi connectivity index (χ4v) is 2.36. The average molecular weight is 295 g/mol. The minimum atomic E-state index is -0.0909. The minimum absolute atomic E-state index is 0.00352. The molecule has 0 radical (unpaired) electrons. The van der Waals surface area contributed by atoms with Crippen LogP contribution in [0.2, 0.25) is 5.02 Å². The van der Waals surface area contributed by atoms with Gasteiger partial charge in [0.1, 0.15) is 12.4 Å². The summed E-state index contributed by atoms with van der Waals surface area (Å²) in [4.78, 5) is 18.3. The fraction of sp³-hybridized carbons (Fsp3) is 0.467. The van der Waals surface area contributed by atoms with E-state index in [1.54, 1.807) is 6.20 Å². The Morgan fingerprint density at radius 3 is 2.85 bits per heavy atom. The number of allylic oxidation sites excluding steroid dienone is 1. The van der Waals surface area contributed by atoms with Crippen LogP contribution >= 0.6 is 11.6 Å². The molecule has 1 fully saturated rings. The van der Waals surface area contributed by atoms with E-state index >= 15 is 0 Å².